The Bertz CT molecular complexity index is 485. The summed E-state index contributed by atoms with van der Waals surface area (Å²) in [6, 6.07) is 2.33. The number of methoxy groups -OCH3 is 1. The normalized spacial score (nSPS) is 11.9. The molecule has 0 spiro atoms. The average molecular weight is 255 g/mol. The van der Waals surface area contributed by atoms with Crippen molar-refractivity contribution in [2.45, 2.75) is 5.92 Å². The topological polar surface area (TPSA) is 130 Å². The van der Waals surface area contributed by atoms with E-state index in [-0.39, 0.29) is 17.9 Å². The van der Waals surface area contributed by atoms with Crippen molar-refractivity contribution < 1.29 is 29.6 Å². The fourth-order valence-electron chi connectivity index (χ4n) is 1.53. The first kappa shape index (κ1) is 13.8. The van der Waals surface area contributed by atoms with Gasteiger partial charge < -0.3 is 25.8 Å². The van der Waals surface area contributed by atoms with Crippen LogP contribution in [0, 0.1) is 0 Å². The molecule has 0 aliphatic heterocycles. The molecule has 0 bridgehead atoms. The lowest BCUT2D eigenvalue weighted by molar-refractivity contribution is -0.138. The van der Waals surface area contributed by atoms with Crippen LogP contribution < -0.4 is 10.5 Å². The highest BCUT2D eigenvalue weighted by Gasteiger charge is 2.23. The number of hydrogen-bond donors (Lipinski definition) is 4. The molecule has 0 heterocycles. The van der Waals surface area contributed by atoms with Gasteiger partial charge in [-0.05, 0) is 17.7 Å². The Morgan fingerprint density at radius 2 is 2.00 bits per heavy atom. The summed E-state index contributed by atoms with van der Waals surface area (Å²) in [4.78, 5) is 21.9. The lowest BCUT2D eigenvalue weighted by Gasteiger charge is -2.14. The number of carboxylic acid groups (broad SMARTS) is 2. The summed E-state index contributed by atoms with van der Waals surface area (Å²) in [5, 5.41) is 27.5. The van der Waals surface area contributed by atoms with E-state index in [4.69, 9.17) is 20.7 Å². The molecule has 0 aliphatic rings. The summed E-state index contributed by atoms with van der Waals surface area (Å²) in [5.41, 5.74) is 5.07. The van der Waals surface area contributed by atoms with Gasteiger partial charge in [0.15, 0.2) is 11.5 Å². The van der Waals surface area contributed by atoms with E-state index in [9.17, 15) is 14.7 Å². The van der Waals surface area contributed by atoms with Gasteiger partial charge in [0, 0.05) is 6.54 Å². The second-order valence-electron chi connectivity index (χ2n) is 3.55. The quantitative estimate of drug-likeness (QED) is 0.592. The standard InChI is InChI=1S/C11H13NO6/c1-18-8-3-5(7(4-12)11(16)17)2-6(9(8)13)10(14)15/h2-3,7,13H,4,12H2,1H3,(H,14,15)(H,16,17). The molecule has 1 rings (SSSR count). The summed E-state index contributed by atoms with van der Waals surface area (Å²) in [5.74, 6) is -4.27. The van der Waals surface area contributed by atoms with Crippen molar-refractivity contribution in [2.75, 3.05) is 13.7 Å². The smallest absolute Gasteiger partial charge is 0.339 e. The lowest BCUT2D eigenvalue weighted by Crippen LogP contribution is -2.21. The number of ether oxygens (including phenoxy) is 1. The fraction of sp³-hybridized carbons (Fsp3) is 0.273. The third kappa shape index (κ3) is 2.51. The lowest BCUT2D eigenvalue weighted by atomic mass is 9.96. The van der Waals surface area contributed by atoms with Crippen molar-refractivity contribution >= 4 is 11.9 Å². The first-order chi connectivity index (χ1) is 8.42. The highest BCUT2D eigenvalue weighted by atomic mass is 16.5. The molecule has 0 aliphatic carbocycles. The van der Waals surface area contributed by atoms with Crippen molar-refractivity contribution in [3.05, 3.63) is 23.3 Å². The van der Waals surface area contributed by atoms with Gasteiger partial charge >= 0.3 is 11.9 Å². The van der Waals surface area contributed by atoms with Crippen LogP contribution >= 0.6 is 0 Å². The predicted octanol–water partition coefficient (Wildman–Crippen LogP) is 0.226. The maximum atomic E-state index is 11.0. The van der Waals surface area contributed by atoms with Gasteiger partial charge in [-0.2, -0.15) is 0 Å². The molecular formula is C11H13NO6. The minimum Gasteiger partial charge on any atom is -0.504 e. The number of benzene rings is 1. The van der Waals surface area contributed by atoms with Crippen molar-refractivity contribution in [1.82, 2.24) is 0 Å². The Hall–Kier alpha value is -2.28. The van der Waals surface area contributed by atoms with Crippen LogP contribution in [0.4, 0.5) is 0 Å². The molecule has 1 aromatic rings. The van der Waals surface area contributed by atoms with Crippen molar-refractivity contribution in [3.63, 3.8) is 0 Å². The Morgan fingerprint density at radius 1 is 1.39 bits per heavy atom. The number of aromatic carboxylic acids is 1. The van der Waals surface area contributed by atoms with E-state index in [1.807, 2.05) is 0 Å². The van der Waals surface area contributed by atoms with Gasteiger partial charge in [-0.15, -0.1) is 0 Å². The number of aliphatic carboxylic acids is 1. The highest BCUT2D eigenvalue weighted by Crippen LogP contribution is 2.34. The minimum atomic E-state index is -1.38. The molecule has 98 valence electrons. The Balaban J connectivity index is 3.42. The summed E-state index contributed by atoms with van der Waals surface area (Å²) >= 11 is 0. The van der Waals surface area contributed by atoms with Gasteiger partial charge in [-0.1, -0.05) is 0 Å². The molecule has 1 aromatic carbocycles. The molecule has 1 atom stereocenters. The maximum Gasteiger partial charge on any atom is 0.339 e. The zero-order valence-electron chi connectivity index (χ0n) is 9.58. The fourth-order valence-corrected chi connectivity index (χ4v) is 1.53. The SMILES string of the molecule is COc1cc(C(CN)C(=O)O)cc(C(=O)O)c1O. The van der Waals surface area contributed by atoms with Crippen LogP contribution in [-0.2, 0) is 4.79 Å². The molecule has 0 aromatic heterocycles. The van der Waals surface area contributed by atoms with Gasteiger partial charge in [0.2, 0.25) is 0 Å². The minimum absolute atomic E-state index is 0.107. The number of nitrogens with two attached hydrogens (primary N) is 1. The van der Waals surface area contributed by atoms with Crippen LogP contribution in [0.1, 0.15) is 21.8 Å². The summed E-state index contributed by atoms with van der Waals surface area (Å²) < 4.78 is 4.80. The Morgan fingerprint density at radius 3 is 2.39 bits per heavy atom. The summed E-state index contributed by atoms with van der Waals surface area (Å²) in [6.45, 7) is -0.192. The maximum absolute atomic E-state index is 11.0. The number of aromatic hydroxyl groups is 1. The molecule has 0 amide bonds. The van der Waals surface area contributed by atoms with Gasteiger partial charge in [0.05, 0.1) is 13.0 Å². The second kappa shape index (κ2) is 5.37. The van der Waals surface area contributed by atoms with E-state index in [0.29, 0.717) is 0 Å². The predicted molar refractivity (Wildman–Crippen MR) is 61.0 cm³/mol. The van der Waals surface area contributed by atoms with E-state index >= 15 is 0 Å². The molecular weight excluding hydrogens is 242 g/mol. The number of phenols is 1. The van der Waals surface area contributed by atoms with Gasteiger partial charge in [-0.3, -0.25) is 4.79 Å². The number of hydrogen-bond acceptors (Lipinski definition) is 5. The van der Waals surface area contributed by atoms with Gasteiger partial charge in [0.25, 0.3) is 0 Å². The monoisotopic (exact) mass is 255 g/mol. The van der Waals surface area contributed by atoms with Crippen LogP contribution in [0.5, 0.6) is 11.5 Å². The molecule has 5 N–H and O–H groups in total. The van der Waals surface area contributed by atoms with Crippen LogP contribution in [0.2, 0.25) is 0 Å². The van der Waals surface area contributed by atoms with E-state index < -0.39 is 29.2 Å². The summed E-state index contributed by atoms with van der Waals surface area (Å²) in [6.07, 6.45) is 0. The molecule has 0 saturated heterocycles. The van der Waals surface area contributed by atoms with E-state index in [2.05, 4.69) is 0 Å². The van der Waals surface area contributed by atoms with Crippen molar-refractivity contribution in [1.29, 1.82) is 0 Å². The molecule has 1 unspecified atom stereocenters. The van der Waals surface area contributed by atoms with Crippen LogP contribution in [0.25, 0.3) is 0 Å². The van der Waals surface area contributed by atoms with E-state index in [1.54, 1.807) is 0 Å². The Kier molecular flexibility index (Phi) is 4.11. The molecule has 0 radical (unpaired) electrons. The Labute approximate surface area is 102 Å². The first-order valence-corrected chi connectivity index (χ1v) is 4.99. The first-order valence-electron chi connectivity index (χ1n) is 4.99. The zero-order valence-corrected chi connectivity index (χ0v) is 9.58. The third-order valence-corrected chi connectivity index (χ3v) is 2.48. The number of carbonyl (C=O) groups is 2. The van der Waals surface area contributed by atoms with Crippen molar-refractivity contribution in [3.8, 4) is 11.5 Å². The van der Waals surface area contributed by atoms with Crippen molar-refractivity contribution in [2.24, 2.45) is 5.73 Å². The van der Waals surface area contributed by atoms with Gasteiger partial charge in [0.1, 0.15) is 5.56 Å². The third-order valence-electron chi connectivity index (χ3n) is 2.48. The average Bonchev–Trinajstić information content (AvgIpc) is 2.30. The number of carboxylic acids is 2. The van der Waals surface area contributed by atoms with Crippen LogP contribution in [-0.4, -0.2) is 40.9 Å². The molecule has 0 fully saturated rings. The molecule has 7 nitrogen and oxygen atoms in total. The largest absolute Gasteiger partial charge is 0.504 e. The van der Waals surface area contributed by atoms with Gasteiger partial charge in [-0.25, -0.2) is 4.79 Å². The molecule has 18 heavy (non-hydrogen) atoms. The van der Waals surface area contributed by atoms with Crippen LogP contribution in [0.15, 0.2) is 12.1 Å². The summed E-state index contributed by atoms with van der Waals surface area (Å²) in [7, 11) is 1.24. The van der Waals surface area contributed by atoms with Crippen LogP contribution in [0.3, 0.4) is 0 Å². The zero-order chi connectivity index (χ0) is 13.9. The highest BCUT2D eigenvalue weighted by molar-refractivity contribution is 5.92. The van der Waals surface area contributed by atoms with E-state index in [1.165, 1.54) is 13.2 Å². The molecule has 0 saturated carbocycles. The second-order valence-corrected chi connectivity index (χ2v) is 3.55. The molecule has 7 heteroatoms. The number of rotatable bonds is 5. The van der Waals surface area contributed by atoms with E-state index in [0.717, 1.165) is 6.07 Å².